The van der Waals surface area contributed by atoms with Gasteiger partial charge in [0.05, 0.1) is 5.57 Å². The highest BCUT2D eigenvalue weighted by atomic mass is 19.3. The van der Waals surface area contributed by atoms with Crippen molar-refractivity contribution in [1.82, 2.24) is 0 Å². The Hall–Kier alpha value is -1.24. The Labute approximate surface area is 106 Å². The number of carbonyl (C=O) groups is 1. The van der Waals surface area contributed by atoms with E-state index in [1.54, 1.807) is 20.8 Å². The second-order valence-corrected chi connectivity index (χ2v) is 6.35. The maximum atomic E-state index is 13.6. The Morgan fingerprint density at radius 1 is 1.39 bits per heavy atom. The van der Waals surface area contributed by atoms with Gasteiger partial charge >= 0.3 is 0 Å². The van der Waals surface area contributed by atoms with E-state index in [2.05, 4.69) is 0 Å². The van der Waals surface area contributed by atoms with E-state index in [4.69, 9.17) is 5.26 Å². The van der Waals surface area contributed by atoms with Crippen LogP contribution in [-0.4, -0.2) is 11.7 Å². The van der Waals surface area contributed by atoms with Gasteiger partial charge in [-0.2, -0.15) is 5.26 Å². The summed E-state index contributed by atoms with van der Waals surface area (Å²) >= 11 is 0. The average Bonchev–Trinajstić information content (AvgIpc) is 2.21. The largest absolute Gasteiger partial charge is 0.293 e. The van der Waals surface area contributed by atoms with E-state index >= 15 is 0 Å². The summed E-state index contributed by atoms with van der Waals surface area (Å²) < 4.78 is 27.2. The summed E-state index contributed by atoms with van der Waals surface area (Å²) in [6.07, 6.45) is 1.38. The highest BCUT2D eigenvalue weighted by molar-refractivity contribution is 6.04. The van der Waals surface area contributed by atoms with Crippen LogP contribution < -0.4 is 0 Å². The molecule has 2 rings (SSSR count). The van der Waals surface area contributed by atoms with Gasteiger partial charge in [-0.3, -0.25) is 4.79 Å². The minimum absolute atomic E-state index is 0.0384. The first-order chi connectivity index (χ1) is 8.12. The molecule has 18 heavy (non-hydrogen) atoms. The van der Waals surface area contributed by atoms with E-state index < -0.39 is 16.8 Å². The summed E-state index contributed by atoms with van der Waals surface area (Å²) in [6, 6.07) is 1.86. The zero-order valence-electron chi connectivity index (χ0n) is 10.9. The second kappa shape index (κ2) is 3.63. The molecule has 4 heteroatoms. The molecule has 2 atom stereocenters. The van der Waals surface area contributed by atoms with Gasteiger partial charge < -0.3 is 0 Å². The third-order valence-electron chi connectivity index (χ3n) is 4.53. The number of hydrogen-bond acceptors (Lipinski definition) is 2. The monoisotopic (exact) mass is 253 g/mol. The Balaban J connectivity index is 2.53. The van der Waals surface area contributed by atoms with Crippen LogP contribution in [0.1, 0.15) is 40.0 Å². The van der Waals surface area contributed by atoms with E-state index in [1.165, 1.54) is 6.08 Å². The van der Waals surface area contributed by atoms with E-state index in [0.717, 1.165) is 0 Å². The van der Waals surface area contributed by atoms with Crippen LogP contribution in [0.2, 0.25) is 0 Å². The molecule has 0 N–H and O–H groups in total. The van der Waals surface area contributed by atoms with Crippen molar-refractivity contribution in [2.45, 2.75) is 46.0 Å². The Morgan fingerprint density at radius 2 is 2.00 bits per heavy atom. The van der Waals surface area contributed by atoms with Gasteiger partial charge in [0.15, 0.2) is 5.78 Å². The van der Waals surface area contributed by atoms with Crippen molar-refractivity contribution in [2.75, 3.05) is 0 Å². The van der Waals surface area contributed by atoms with Gasteiger partial charge in [-0.1, -0.05) is 26.8 Å². The summed E-state index contributed by atoms with van der Waals surface area (Å²) in [7, 11) is 0. The van der Waals surface area contributed by atoms with E-state index in [1.807, 2.05) is 6.07 Å². The molecule has 2 aliphatic rings. The maximum Gasteiger partial charge on any atom is 0.249 e. The van der Waals surface area contributed by atoms with Crippen molar-refractivity contribution < 1.29 is 13.6 Å². The fourth-order valence-corrected chi connectivity index (χ4v) is 3.77. The summed E-state index contributed by atoms with van der Waals surface area (Å²) in [5, 5.41) is 9.00. The molecule has 0 saturated heterocycles. The van der Waals surface area contributed by atoms with E-state index in [-0.39, 0.29) is 30.1 Å². The molecule has 1 saturated carbocycles. The molecule has 0 aromatic rings. The second-order valence-electron chi connectivity index (χ2n) is 6.35. The normalized spacial score (nSPS) is 37.4. The lowest BCUT2D eigenvalue weighted by Crippen LogP contribution is -2.51. The molecular weight excluding hydrogens is 236 g/mol. The molecule has 0 radical (unpaired) electrons. The number of halogens is 2. The predicted octanol–water partition coefficient (Wildman–Crippen LogP) is 3.49. The van der Waals surface area contributed by atoms with Gasteiger partial charge in [0.1, 0.15) is 6.07 Å². The first kappa shape index (κ1) is 13.2. The minimum Gasteiger partial charge on any atom is -0.293 e. The maximum absolute atomic E-state index is 13.6. The molecule has 0 unspecified atom stereocenters. The highest BCUT2D eigenvalue weighted by Gasteiger charge is 2.57. The zero-order valence-corrected chi connectivity index (χ0v) is 10.9. The highest BCUT2D eigenvalue weighted by Crippen LogP contribution is 2.58. The lowest BCUT2D eigenvalue weighted by Gasteiger charge is -2.51. The molecule has 2 aliphatic carbocycles. The molecule has 0 aliphatic heterocycles. The summed E-state index contributed by atoms with van der Waals surface area (Å²) in [6.45, 7) is 5.29. The van der Waals surface area contributed by atoms with Crippen molar-refractivity contribution in [1.29, 1.82) is 5.26 Å². The third kappa shape index (κ3) is 1.77. The summed E-state index contributed by atoms with van der Waals surface area (Å²) in [4.78, 5) is 12.2. The predicted molar refractivity (Wildman–Crippen MR) is 62.9 cm³/mol. The molecule has 0 spiro atoms. The number of ketones is 1. The van der Waals surface area contributed by atoms with Gasteiger partial charge in [0.2, 0.25) is 5.92 Å². The summed E-state index contributed by atoms with van der Waals surface area (Å²) in [5.74, 6) is -3.02. The van der Waals surface area contributed by atoms with Gasteiger partial charge in [-0.05, 0) is 17.8 Å². The van der Waals surface area contributed by atoms with Gasteiger partial charge in [0, 0.05) is 18.3 Å². The molecule has 0 heterocycles. The zero-order chi connectivity index (χ0) is 13.8. The van der Waals surface area contributed by atoms with Crippen molar-refractivity contribution in [3.63, 3.8) is 0 Å². The molecule has 2 nitrogen and oxygen atoms in total. The number of Topliss-reactive ketones (excluding diaryl/α,β-unsaturated/α-hetero) is 1. The molecule has 0 aromatic carbocycles. The van der Waals surface area contributed by atoms with Crippen LogP contribution in [0.15, 0.2) is 11.6 Å². The van der Waals surface area contributed by atoms with E-state index in [9.17, 15) is 13.6 Å². The molecular formula is C14H17F2NO. The van der Waals surface area contributed by atoms with Crippen LogP contribution >= 0.6 is 0 Å². The summed E-state index contributed by atoms with van der Waals surface area (Å²) in [5.41, 5.74) is -1.45. The minimum atomic E-state index is -2.70. The number of alkyl halides is 2. The fraction of sp³-hybridized carbons (Fsp3) is 0.714. The topological polar surface area (TPSA) is 40.9 Å². The van der Waals surface area contributed by atoms with Crippen LogP contribution in [0.3, 0.4) is 0 Å². The smallest absolute Gasteiger partial charge is 0.249 e. The standard InChI is InChI=1S/C14H17F2NO/c1-12(2)10-4-5-14(15,16)8-13(10,3)6-9(7-17)11(12)18/h6,10H,4-5,8H2,1-3H3/t10-,13+/m0/s1. The Morgan fingerprint density at radius 3 is 2.56 bits per heavy atom. The number of hydrogen-bond donors (Lipinski definition) is 0. The molecule has 0 aromatic heterocycles. The molecule has 98 valence electrons. The fourth-order valence-electron chi connectivity index (χ4n) is 3.77. The first-order valence-electron chi connectivity index (χ1n) is 6.18. The van der Waals surface area contributed by atoms with Crippen LogP contribution in [0.25, 0.3) is 0 Å². The first-order valence-corrected chi connectivity index (χ1v) is 6.18. The number of rotatable bonds is 0. The van der Waals surface area contributed by atoms with Crippen LogP contribution in [0.5, 0.6) is 0 Å². The van der Waals surface area contributed by atoms with Crippen LogP contribution in [0.4, 0.5) is 8.78 Å². The number of allylic oxidation sites excluding steroid dienone is 2. The molecule has 0 bridgehead atoms. The van der Waals surface area contributed by atoms with Gasteiger partial charge in [0.25, 0.3) is 0 Å². The Bertz CT molecular complexity index is 473. The number of carbonyl (C=O) groups excluding carboxylic acids is 1. The Kier molecular flexibility index (Phi) is 2.66. The number of nitriles is 1. The van der Waals surface area contributed by atoms with Crippen molar-refractivity contribution in [3.05, 3.63) is 11.6 Å². The van der Waals surface area contributed by atoms with Gasteiger partial charge in [-0.25, -0.2) is 8.78 Å². The van der Waals surface area contributed by atoms with Gasteiger partial charge in [-0.15, -0.1) is 0 Å². The van der Waals surface area contributed by atoms with E-state index in [0.29, 0.717) is 6.42 Å². The average molecular weight is 253 g/mol. The lowest BCUT2D eigenvalue weighted by atomic mass is 9.52. The van der Waals surface area contributed by atoms with Crippen molar-refractivity contribution in [2.24, 2.45) is 16.7 Å². The number of nitrogens with zero attached hydrogens (tertiary/aromatic N) is 1. The molecule has 0 amide bonds. The van der Waals surface area contributed by atoms with Crippen molar-refractivity contribution >= 4 is 5.78 Å². The number of fused-ring (bicyclic) bond motifs is 1. The SMILES string of the molecule is CC1(C)C(=O)C(C#N)=C[C@]2(C)CC(F)(F)CC[C@@H]12. The molecule has 1 fully saturated rings. The lowest BCUT2D eigenvalue weighted by molar-refractivity contribution is -0.143. The van der Waals surface area contributed by atoms with Crippen LogP contribution in [-0.2, 0) is 4.79 Å². The quantitative estimate of drug-likeness (QED) is 0.663. The van der Waals surface area contributed by atoms with Crippen molar-refractivity contribution in [3.8, 4) is 6.07 Å². The third-order valence-corrected chi connectivity index (χ3v) is 4.53. The van der Waals surface area contributed by atoms with Crippen LogP contribution in [0, 0.1) is 28.1 Å².